The van der Waals surface area contributed by atoms with E-state index in [0.29, 0.717) is 39.1 Å². The van der Waals surface area contributed by atoms with Crippen molar-refractivity contribution in [3.63, 3.8) is 0 Å². The molecule has 1 saturated carbocycles. The predicted octanol–water partition coefficient (Wildman–Crippen LogP) is 1.66. The molecule has 0 aromatic heterocycles. The highest BCUT2D eigenvalue weighted by Crippen LogP contribution is 2.47. The van der Waals surface area contributed by atoms with Crippen molar-refractivity contribution in [2.75, 3.05) is 26.3 Å². The molecule has 23 heavy (non-hydrogen) atoms. The van der Waals surface area contributed by atoms with Gasteiger partial charge in [0.2, 0.25) is 5.91 Å². The molecule has 3 fully saturated rings. The van der Waals surface area contributed by atoms with Crippen LogP contribution in [0.25, 0.3) is 0 Å². The van der Waals surface area contributed by atoms with Crippen LogP contribution in [-0.2, 0) is 14.3 Å². The number of halogens is 1. The SMILES string of the molecule is CC(C)NC(=O)[C@H]1CN(C(=O)C2(F)CCC2)CC12CCOCC2. The van der Waals surface area contributed by atoms with Gasteiger partial charge in [-0.15, -0.1) is 0 Å². The second kappa shape index (κ2) is 6.04. The van der Waals surface area contributed by atoms with Crippen LogP contribution in [0.3, 0.4) is 0 Å². The molecule has 2 aliphatic heterocycles. The van der Waals surface area contributed by atoms with Gasteiger partial charge in [-0.2, -0.15) is 0 Å². The molecule has 0 bridgehead atoms. The van der Waals surface area contributed by atoms with Crippen LogP contribution in [0, 0.1) is 11.3 Å². The molecule has 1 spiro atoms. The number of likely N-dealkylation sites (tertiary alicyclic amines) is 1. The van der Waals surface area contributed by atoms with Crippen LogP contribution >= 0.6 is 0 Å². The van der Waals surface area contributed by atoms with Crippen LogP contribution in [0.15, 0.2) is 0 Å². The van der Waals surface area contributed by atoms with Gasteiger partial charge in [0, 0.05) is 37.8 Å². The third-order valence-corrected chi connectivity index (χ3v) is 5.70. The normalized spacial score (nSPS) is 28.7. The first kappa shape index (κ1) is 16.7. The van der Waals surface area contributed by atoms with E-state index in [0.717, 1.165) is 19.3 Å². The third-order valence-electron chi connectivity index (χ3n) is 5.70. The highest BCUT2D eigenvalue weighted by Gasteiger charge is 2.56. The molecule has 1 atom stereocenters. The summed E-state index contributed by atoms with van der Waals surface area (Å²) in [7, 11) is 0. The fourth-order valence-corrected chi connectivity index (χ4v) is 4.14. The number of rotatable bonds is 3. The highest BCUT2D eigenvalue weighted by atomic mass is 19.1. The monoisotopic (exact) mass is 326 g/mol. The molecule has 1 aliphatic carbocycles. The molecule has 130 valence electrons. The fourth-order valence-electron chi connectivity index (χ4n) is 4.14. The first-order valence-corrected chi connectivity index (χ1v) is 8.73. The van der Waals surface area contributed by atoms with E-state index in [1.54, 1.807) is 4.90 Å². The van der Waals surface area contributed by atoms with Crippen molar-refractivity contribution in [2.45, 2.75) is 57.7 Å². The number of ether oxygens (including phenoxy) is 1. The average Bonchev–Trinajstić information content (AvgIpc) is 2.83. The molecule has 0 radical (unpaired) electrons. The molecule has 3 aliphatic rings. The molecule has 1 N–H and O–H groups in total. The second-order valence-corrected chi connectivity index (χ2v) is 7.70. The van der Waals surface area contributed by atoms with Crippen LogP contribution in [0.4, 0.5) is 4.39 Å². The number of carbonyl (C=O) groups excluding carboxylic acids is 2. The summed E-state index contributed by atoms with van der Waals surface area (Å²) in [4.78, 5) is 26.8. The summed E-state index contributed by atoms with van der Waals surface area (Å²) in [6.07, 6.45) is 2.92. The average molecular weight is 326 g/mol. The predicted molar refractivity (Wildman–Crippen MR) is 83.5 cm³/mol. The number of alkyl halides is 1. The van der Waals surface area contributed by atoms with Crippen molar-refractivity contribution < 1.29 is 18.7 Å². The zero-order chi connectivity index (χ0) is 16.7. The third kappa shape index (κ3) is 2.97. The van der Waals surface area contributed by atoms with E-state index in [2.05, 4.69) is 5.32 Å². The van der Waals surface area contributed by atoms with Crippen molar-refractivity contribution in [1.29, 1.82) is 0 Å². The Balaban J connectivity index is 1.78. The highest BCUT2D eigenvalue weighted by molar-refractivity contribution is 5.88. The van der Waals surface area contributed by atoms with E-state index in [-0.39, 0.29) is 23.3 Å². The van der Waals surface area contributed by atoms with Gasteiger partial charge >= 0.3 is 0 Å². The van der Waals surface area contributed by atoms with Gasteiger partial charge in [-0.25, -0.2) is 4.39 Å². The van der Waals surface area contributed by atoms with E-state index in [9.17, 15) is 14.0 Å². The molecule has 0 aromatic rings. The van der Waals surface area contributed by atoms with Crippen molar-refractivity contribution in [1.82, 2.24) is 10.2 Å². The number of nitrogens with zero attached hydrogens (tertiary/aromatic N) is 1. The molecule has 0 unspecified atom stereocenters. The summed E-state index contributed by atoms with van der Waals surface area (Å²) in [5.41, 5.74) is -1.94. The number of hydrogen-bond donors (Lipinski definition) is 1. The van der Waals surface area contributed by atoms with Crippen LogP contribution in [0.1, 0.15) is 46.0 Å². The molecular formula is C17H27FN2O3. The van der Waals surface area contributed by atoms with Crippen LogP contribution in [0.5, 0.6) is 0 Å². The van der Waals surface area contributed by atoms with Gasteiger partial charge in [0.15, 0.2) is 5.67 Å². The first-order chi connectivity index (χ1) is 10.9. The van der Waals surface area contributed by atoms with E-state index >= 15 is 0 Å². The summed E-state index contributed by atoms with van der Waals surface area (Å²) >= 11 is 0. The summed E-state index contributed by atoms with van der Waals surface area (Å²) in [6, 6.07) is 0.0586. The van der Waals surface area contributed by atoms with E-state index in [1.165, 1.54) is 0 Å². The quantitative estimate of drug-likeness (QED) is 0.858. The number of nitrogens with one attached hydrogen (secondary N) is 1. The zero-order valence-corrected chi connectivity index (χ0v) is 14.1. The Hall–Kier alpha value is -1.17. The lowest BCUT2D eigenvalue weighted by atomic mass is 9.71. The molecule has 2 saturated heterocycles. The van der Waals surface area contributed by atoms with Crippen LogP contribution < -0.4 is 5.32 Å². The smallest absolute Gasteiger partial charge is 0.260 e. The summed E-state index contributed by atoms with van der Waals surface area (Å²) in [6.45, 7) is 5.89. The summed E-state index contributed by atoms with van der Waals surface area (Å²) in [5, 5.41) is 2.97. The van der Waals surface area contributed by atoms with E-state index in [4.69, 9.17) is 4.74 Å². The maximum absolute atomic E-state index is 14.5. The molecule has 0 aromatic carbocycles. The Morgan fingerprint density at radius 1 is 1.22 bits per heavy atom. The van der Waals surface area contributed by atoms with Crippen LogP contribution in [0.2, 0.25) is 0 Å². The molecule has 5 nitrogen and oxygen atoms in total. The number of carbonyl (C=O) groups is 2. The van der Waals surface area contributed by atoms with Gasteiger partial charge in [-0.1, -0.05) is 0 Å². The van der Waals surface area contributed by atoms with Gasteiger partial charge < -0.3 is 15.0 Å². The fraction of sp³-hybridized carbons (Fsp3) is 0.882. The standard InChI is InChI=1S/C17H27FN2O3/c1-12(2)19-14(21)13-10-20(15(22)17(18)4-3-5-17)11-16(13)6-8-23-9-7-16/h12-13H,3-11H2,1-2H3,(H,19,21)/t13-/m1/s1. The maximum atomic E-state index is 14.5. The lowest BCUT2D eigenvalue weighted by Crippen LogP contribution is -2.50. The Morgan fingerprint density at radius 3 is 2.39 bits per heavy atom. The lowest BCUT2D eigenvalue weighted by Gasteiger charge is -2.38. The topological polar surface area (TPSA) is 58.6 Å². The van der Waals surface area contributed by atoms with Gasteiger partial charge in [0.1, 0.15) is 0 Å². The molecule has 2 heterocycles. The second-order valence-electron chi connectivity index (χ2n) is 7.70. The Kier molecular flexibility index (Phi) is 4.38. The molecule has 2 amide bonds. The minimum Gasteiger partial charge on any atom is -0.381 e. The van der Waals surface area contributed by atoms with Gasteiger partial charge in [0.25, 0.3) is 5.91 Å². The van der Waals surface area contributed by atoms with E-state index in [1.807, 2.05) is 13.8 Å². The van der Waals surface area contributed by atoms with Gasteiger partial charge in [0.05, 0.1) is 5.92 Å². The summed E-state index contributed by atoms with van der Waals surface area (Å²) < 4.78 is 20.0. The largest absolute Gasteiger partial charge is 0.381 e. The van der Waals surface area contributed by atoms with Crippen molar-refractivity contribution in [2.24, 2.45) is 11.3 Å². The number of hydrogen-bond acceptors (Lipinski definition) is 3. The Bertz CT molecular complexity index is 484. The van der Waals surface area contributed by atoms with Crippen molar-refractivity contribution in [3.8, 4) is 0 Å². The zero-order valence-electron chi connectivity index (χ0n) is 14.1. The minimum absolute atomic E-state index is 0.0151. The van der Waals surface area contributed by atoms with Crippen LogP contribution in [-0.4, -0.2) is 54.7 Å². The molecule has 3 rings (SSSR count). The van der Waals surface area contributed by atoms with E-state index < -0.39 is 11.6 Å². The van der Waals surface area contributed by atoms with Gasteiger partial charge in [-0.3, -0.25) is 9.59 Å². The number of amides is 2. The van der Waals surface area contributed by atoms with Crippen molar-refractivity contribution >= 4 is 11.8 Å². The Morgan fingerprint density at radius 2 is 1.87 bits per heavy atom. The minimum atomic E-state index is -1.68. The Labute approximate surface area is 136 Å². The van der Waals surface area contributed by atoms with Gasteiger partial charge in [-0.05, 0) is 46.0 Å². The molecule has 6 heteroatoms. The summed E-state index contributed by atoms with van der Waals surface area (Å²) in [5.74, 6) is -0.686. The lowest BCUT2D eigenvalue weighted by molar-refractivity contribution is -0.149. The first-order valence-electron chi connectivity index (χ1n) is 8.73. The maximum Gasteiger partial charge on any atom is 0.260 e. The molecular weight excluding hydrogens is 299 g/mol. The van der Waals surface area contributed by atoms with Crippen molar-refractivity contribution in [3.05, 3.63) is 0 Å².